The highest BCUT2D eigenvalue weighted by Gasteiger charge is 2.38. The van der Waals surface area contributed by atoms with E-state index in [0.717, 1.165) is 19.3 Å². The van der Waals surface area contributed by atoms with E-state index in [1.807, 2.05) is 6.92 Å². The highest BCUT2D eigenvalue weighted by atomic mass is 19.4. The predicted molar refractivity (Wildman–Crippen MR) is 98.1 cm³/mol. The van der Waals surface area contributed by atoms with Crippen molar-refractivity contribution in [3.8, 4) is 11.6 Å². The van der Waals surface area contributed by atoms with Crippen LogP contribution in [0.3, 0.4) is 0 Å². The summed E-state index contributed by atoms with van der Waals surface area (Å²) < 4.78 is 86.7. The first kappa shape index (κ1) is 23.6. The minimum Gasteiger partial charge on any atom is -0.491 e. The third kappa shape index (κ3) is 6.67. The Kier molecular flexibility index (Phi) is 7.74. The molecule has 11 heteroatoms. The summed E-state index contributed by atoms with van der Waals surface area (Å²) in [6.07, 6.45) is -6.60. The van der Waals surface area contributed by atoms with Crippen LogP contribution in [0.2, 0.25) is 0 Å². The van der Waals surface area contributed by atoms with Crippen LogP contribution in [0, 0.1) is 0 Å². The van der Waals surface area contributed by atoms with Crippen molar-refractivity contribution in [1.29, 1.82) is 0 Å². The van der Waals surface area contributed by atoms with Gasteiger partial charge in [-0.05, 0) is 18.6 Å². The van der Waals surface area contributed by atoms with Gasteiger partial charge in [0.25, 0.3) is 0 Å². The molecule has 0 saturated carbocycles. The van der Waals surface area contributed by atoms with E-state index in [-0.39, 0.29) is 5.95 Å². The molecular weight excluding hydrogens is 416 g/mol. The number of hydrogen-bond acceptors (Lipinski definition) is 5. The fourth-order valence-electron chi connectivity index (χ4n) is 2.47. The van der Waals surface area contributed by atoms with Crippen LogP contribution in [-0.2, 0) is 6.18 Å². The van der Waals surface area contributed by atoms with Crippen LogP contribution in [0.1, 0.15) is 31.7 Å². The Morgan fingerprint density at radius 2 is 1.70 bits per heavy atom. The predicted octanol–water partition coefficient (Wildman–Crippen LogP) is 5.77. The van der Waals surface area contributed by atoms with Crippen molar-refractivity contribution in [2.45, 2.75) is 38.5 Å². The number of alkyl halides is 6. The number of anilines is 2. The first-order valence-corrected chi connectivity index (χ1v) is 9.12. The Bertz CT molecular complexity index is 827. The number of halogens is 6. The standard InChI is InChI=1S/C19H21F6N3O2/c1-3-4-7-10-29-15-9-6-5-8-14(15)28(2)17-26-11-13(19(23,24)25)16(27-17)30-12-18(20,21)22/h5-6,8-9,11H,3-4,7,10,12H2,1-2H3. The van der Waals surface area contributed by atoms with Crippen LogP contribution in [-0.4, -0.2) is 36.4 Å². The molecule has 5 nitrogen and oxygen atoms in total. The van der Waals surface area contributed by atoms with E-state index in [9.17, 15) is 26.3 Å². The second-order valence-corrected chi connectivity index (χ2v) is 6.37. The third-order valence-corrected chi connectivity index (χ3v) is 3.95. The lowest BCUT2D eigenvalue weighted by molar-refractivity contribution is -0.159. The number of unbranched alkanes of at least 4 members (excludes halogenated alkanes) is 2. The van der Waals surface area contributed by atoms with Gasteiger partial charge < -0.3 is 14.4 Å². The molecular formula is C19H21F6N3O2. The van der Waals surface area contributed by atoms with Crippen LogP contribution in [0.15, 0.2) is 30.5 Å². The molecule has 1 aromatic heterocycles. The van der Waals surface area contributed by atoms with Gasteiger partial charge >= 0.3 is 12.4 Å². The SMILES string of the molecule is CCCCCOc1ccccc1N(C)c1ncc(C(F)(F)F)c(OCC(F)(F)F)n1. The number of para-hydroxylation sites is 2. The van der Waals surface area contributed by atoms with Crippen LogP contribution in [0.25, 0.3) is 0 Å². The smallest absolute Gasteiger partial charge is 0.423 e. The van der Waals surface area contributed by atoms with E-state index < -0.39 is 30.4 Å². The van der Waals surface area contributed by atoms with E-state index in [1.54, 1.807) is 24.3 Å². The number of aromatic nitrogens is 2. The summed E-state index contributed by atoms with van der Waals surface area (Å²) in [5.74, 6) is -1.03. The maximum atomic E-state index is 13.1. The molecule has 2 aromatic rings. The van der Waals surface area contributed by atoms with Gasteiger partial charge in [-0.15, -0.1) is 0 Å². The van der Waals surface area contributed by atoms with Gasteiger partial charge in [-0.3, -0.25) is 0 Å². The highest BCUT2D eigenvalue weighted by Crippen LogP contribution is 2.37. The molecule has 0 spiro atoms. The third-order valence-electron chi connectivity index (χ3n) is 3.95. The van der Waals surface area contributed by atoms with Crippen LogP contribution < -0.4 is 14.4 Å². The van der Waals surface area contributed by atoms with Crippen molar-refractivity contribution < 1.29 is 35.8 Å². The average molecular weight is 437 g/mol. The van der Waals surface area contributed by atoms with E-state index in [4.69, 9.17) is 4.74 Å². The number of rotatable bonds is 9. The molecule has 0 N–H and O–H groups in total. The summed E-state index contributed by atoms with van der Waals surface area (Å²) in [5, 5.41) is 0. The zero-order chi connectivity index (χ0) is 22.4. The van der Waals surface area contributed by atoms with Crippen molar-refractivity contribution >= 4 is 11.6 Å². The van der Waals surface area contributed by atoms with Gasteiger partial charge in [0.1, 0.15) is 11.3 Å². The van der Waals surface area contributed by atoms with E-state index in [0.29, 0.717) is 24.2 Å². The second-order valence-electron chi connectivity index (χ2n) is 6.37. The van der Waals surface area contributed by atoms with Crippen molar-refractivity contribution in [1.82, 2.24) is 9.97 Å². The van der Waals surface area contributed by atoms with Crippen LogP contribution >= 0.6 is 0 Å². The van der Waals surface area contributed by atoms with E-state index >= 15 is 0 Å². The first-order chi connectivity index (χ1) is 14.0. The molecule has 0 amide bonds. The fraction of sp³-hybridized carbons (Fsp3) is 0.474. The van der Waals surface area contributed by atoms with Gasteiger partial charge in [0.2, 0.25) is 11.8 Å². The summed E-state index contributed by atoms with van der Waals surface area (Å²) in [5.41, 5.74) is -1.05. The van der Waals surface area contributed by atoms with Gasteiger partial charge in [0.15, 0.2) is 6.61 Å². The molecule has 0 bridgehead atoms. The van der Waals surface area contributed by atoms with Crippen molar-refractivity contribution in [2.24, 2.45) is 0 Å². The Morgan fingerprint density at radius 1 is 1.00 bits per heavy atom. The minimum atomic E-state index is -4.97. The molecule has 0 saturated heterocycles. The van der Waals surface area contributed by atoms with Crippen molar-refractivity contribution in [2.75, 3.05) is 25.2 Å². The molecule has 0 aliphatic heterocycles. The molecule has 0 radical (unpaired) electrons. The molecule has 0 aliphatic carbocycles. The topological polar surface area (TPSA) is 47.5 Å². The molecule has 30 heavy (non-hydrogen) atoms. The van der Waals surface area contributed by atoms with Gasteiger partial charge in [0.05, 0.1) is 12.3 Å². The number of nitrogens with zero attached hydrogens (tertiary/aromatic N) is 3. The van der Waals surface area contributed by atoms with Crippen LogP contribution in [0.5, 0.6) is 11.6 Å². The Balaban J connectivity index is 2.32. The summed E-state index contributed by atoms with van der Waals surface area (Å²) in [7, 11) is 1.46. The molecule has 2 rings (SSSR count). The van der Waals surface area contributed by atoms with Crippen molar-refractivity contribution in [3.63, 3.8) is 0 Å². The molecule has 0 fully saturated rings. The Hall–Kier alpha value is -2.72. The lowest BCUT2D eigenvalue weighted by Gasteiger charge is -2.22. The lowest BCUT2D eigenvalue weighted by atomic mass is 10.2. The number of ether oxygens (including phenoxy) is 2. The van der Waals surface area contributed by atoms with E-state index in [2.05, 4.69) is 14.7 Å². The van der Waals surface area contributed by atoms with E-state index in [1.165, 1.54) is 11.9 Å². The summed E-state index contributed by atoms with van der Waals surface area (Å²) >= 11 is 0. The van der Waals surface area contributed by atoms with Gasteiger partial charge in [-0.25, -0.2) is 4.98 Å². The molecule has 1 heterocycles. The number of hydrogen-bond donors (Lipinski definition) is 0. The summed E-state index contributed by atoms with van der Waals surface area (Å²) in [6.45, 7) is 0.571. The quantitative estimate of drug-likeness (QED) is 0.368. The minimum absolute atomic E-state index is 0.273. The highest BCUT2D eigenvalue weighted by molar-refractivity contribution is 5.65. The molecule has 1 aromatic carbocycles. The normalized spacial score (nSPS) is 12.0. The fourth-order valence-corrected chi connectivity index (χ4v) is 2.47. The van der Waals surface area contributed by atoms with Crippen molar-refractivity contribution in [3.05, 3.63) is 36.0 Å². The maximum Gasteiger partial charge on any atom is 0.423 e. The largest absolute Gasteiger partial charge is 0.491 e. The Labute approximate surface area is 169 Å². The molecule has 166 valence electrons. The van der Waals surface area contributed by atoms with Gasteiger partial charge in [-0.1, -0.05) is 31.9 Å². The summed E-state index contributed by atoms with van der Waals surface area (Å²) in [6, 6.07) is 6.70. The van der Waals surface area contributed by atoms with Gasteiger partial charge in [0, 0.05) is 13.2 Å². The first-order valence-electron chi connectivity index (χ1n) is 9.12. The lowest BCUT2D eigenvalue weighted by Crippen LogP contribution is -2.23. The zero-order valence-electron chi connectivity index (χ0n) is 16.3. The average Bonchev–Trinajstić information content (AvgIpc) is 2.68. The summed E-state index contributed by atoms with van der Waals surface area (Å²) in [4.78, 5) is 8.56. The maximum absolute atomic E-state index is 13.1. The second kappa shape index (κ2) is 9.86. The molecule has 0 aliphatic rings. The van der Waals surface area contributed by atoms with Crippen LogP contribution in [0.4, 0.5) is 38.0 Å². The monoisotopic (exact) mass is 437 g/mol. The molecule has 0 atom stereocenters. The van der Waals surface area contributed by atoms with Gasteiger partial charge in [-0.2, -0.15) is 31.3 Å². The Morgan fingerprint density at radius 3 is 2.33 bits per heavy atom. The zero-order valence-corrected chi connectivity index (χ0v) is 16.3. The number of benzene rings is 1. The molecule has 0 unspecified atom stereocenters.